The minimum Gasteiger partial charge on any atom is -0.293 e. The third kappa shape index (κ3) is 2.42. The SMILES string of the molecule is Cc1ccc(-n2c(NN)nc3sc4c(c3c2=O)CCCCC4)cc1. The average Bonchev–Trinajstić information content (AvgIpc) is 2.77. The van der Waals surface area contributed by atoms with Crippen LogP contribution in [-0.2, 0) is 12.8 Å². The number of nitrogen functional groups attached to an aromatic ring is 1. The zero-order chi connectivity index (χ0) is 16.7. The molecule has 0 spiro atoms. The standard InChI is InChI=1S/C18H20N4OS/c1-11-7-9-12(10-8-11)22-17(23)15-13-5-3-2-4-6-14(13)24-16(15)20-18(22)21-19/h7-10H,2-6,19H2,1H3,(H,20,21). The van der Waals surface area contributed by atoms with E-state index in [9.17, 15) is 4.79 Å². The second-order valence-electron chi connectivity index (χ2n) is 6.30. The molecule has 5 nitrogen and oxygen atoms in total. The predicted molar refractivity (Wildman–Crippen MR) is 99.0 cm³/mol. The first kappa shape index (κ1) is 15.4. The van der Waals surface area contributed by atoms with Gasteiger partial charge in [0.25, 0.3) is 5.56 Å². The maximum atomic E-state index is 13.3. The number of benzene rings is 1. The van der Waals surface area contributed by atoms with E-state index in [-0.39, 0.29) is 5.56 Å². The van der Waals surface area contributed by atoms with E-state index in [4.69, 9.17) is 5.84 Å². The van der Waals surface area contributed by atoms with Crippen LogP contribution in [0.25, 0.3) is 15.9 Å². The van der Waals surface area contributed by atoms with E-state index in [2.05, 4.69) is 10.4 Å². The number of nitrogens with zero attached hydrogens (tertiary/aromatic N) is 2. The van der Waals surface area contributed by atoms with E-state index < -0.39 is 0 Å². The molecule has 1 aliphatic carbocycles. The molecule has 0 unspecified atom stereocenters. The first-order valence-corrected chi connectivity index (χ1v) is 9.11. The Morgan fingerprint density at radius 3 is 2.67 bits per heavy atom. The molecule has 1 aromatic carbocycles. The number of aromatic nitrogens is 2. The van der Waals surface area contributed by atoms with Gasteiger partial charge in [0.1, 0.15) is 4.83 Å². The van der Waals surface area contributed by atoms with E-state index in [1.807, 2.05) is 31.2 Å². The van der Waals surface area contributed by atoms with Crippen molar-refractivity contribution in [2.24, 2.45) is 5.84 Å². The zero-order valence-corrected chi connectivity index (χ0v) is 14.4. The average molecular weight is 340 g/mol. The molecule has 0 amide bonds. The molecular formula is C18H20N4OS. The van der Waals surface area contributed by atoms with Crippen molar-refractivity contribution in [3.63, 3.8) is 0 Å². The summed E-state index contributed by atoms with van der Waals surface area (Å²) < 4.78 is 1.58. The molecule has 0 aliphatic heterocycles. The molecule has 2 aromatic heterocycles. The van der Waals surface area contributed by atoms with Crippen LogP contribution in [-0.4, -0.2) is 9.55 Å². The van der Waals surface area contributed by atoms with Crippen LogP contribution in [0.3, 0.4) is 0 Å². The van der Waals surface area contributed by atoms with Crippen LogP contribution in [0.1, 0.15) is 35.3 Å². The molecule has 6 heteroatoms. The molecule has 2 heterocycles. The molecule has 0 fully saturated rings. The summed E-state index contributed by atoms with van der Waals surface area (Å²) in [5.41, 5.74) is 5.69. The minimum absolute atomic E-state index is 0.0313. The Kier molecular flexibility index (Phi) is 3.86. The van der Waals surface area contributed by atoms with E-state index in [1.165, 1.54) is 23.3 Å². The second-order valence-corrected chi connectivity index (χ2v) is 7.38. The number of hydrazine groups is 1. The van der Waals surface area contributed by atoms with Crippen molar-refractivity contribution >= 4 is 27.5 Å². The minimum atomic E-state index is -0.0313. The molecule has 0 bridgehead atoms. The number of nitrogens with one attached hydrogen (secondary N) is 1. The quantitative estimate of drug-likeness (QED) is 0.426. The Balaban J connectivity index is 2.02. The number of fused-ring (bicyclic) bond motifs is 3. The number of anilines is 1. The monoisotopic (exact) mass is 340 g/mol. The van der Waals surface area contributed by atoms with Crippen molar-refractivity contribution in [2.45, 2.75) is 39.0 Å². The summed E-state index contributed by atoms with van der Waals surface area (Å²) in [5.74, 6) is 6.04. The van der Waals surface area contributed by atoms with Gasteiger partial charge in [0.2, 0.25) is 5.95 Å². The molecule has 3 aromatic rings. The lowest BCUT2D eigenvalue weighted by Crippen LogP contribution is -2.26. The van der Waals surface area contributed by atoms with Crippen LogP contribution in [0.4, 0.5) is 5.95 Å². The highest BCUT2D eigenvalue weighted by Crippen LogP contribution is 2.33. The maximum absolute atomic E-state index is 13.3. The maximum Gasteiger partial charge on any atom is 0.268 e. The number of hydrogen-bond acceptors (Lipinski definition) is 5. The molecular weight excluding hydrogens is 320 g/mol. The summed E-state index contributed by atoms with van der Waals surface area (Å²) in [7, 11) is 0. The summed E-state index contributed by atoms with van der Waals surface area (Å²) in [6.45, 7) is 2.02. The largest absolute Gasteiger partial charge is 0.293 e. The van der Waals surface area contributed by atoms with Gasteiger partial charge in [0.15, 0.2) is 0 Å². The van der Waals surface area contributed by atoms with Crippen LogP contribution >= 0.6 is 11.3 Å². The van der Waals surface area contributed by atoms with Crippen molar-refractivity contribution in [1.82, 2.24) is 9.55 Å². The zero-order valence-electron chi connectivity index (χ0n) is 13.6. The van der Waals surface area contributed by atoms with E-state index in [1.54, 1.807) is 15.9 Å². The van der Waals surface area contributed by atoms with Gasteiger partial charge in [-0.15, -0.1) is 11.3 Å². The summed E-state index contributed by atoms with van der Waals surface area (Å²) in [6, 6.07) is 7.83. The highest BCUT2D eigenvalue weighted by molar-refractivity contribution is 7.18. The highest BCUT2D eigenvalue weighted by atomic mass is 32.1. The van der Waals surface area contributed by atoms with E-state index >= 15 is 0 Å². The predicted octanol–water partition coefficient (Wildman–Crippen LogP) is 3.31. The third-order valence-corrected chi connectivity index (χ3v) is 5.85. The van der Waals surface area contributed by atoms with Crippen molar-refractivity contribution in [3.05, 3.63) is 50.6 Å². The van der Waals surface area contributed by atoms with Crippen LogP contribution in [0, 0.1) is 6.92 Å². The van der Waals surface area contributed by atoms with Crippen molar-refractivity contribution < 1.29 is 0 Å². The lowest BCUT2D eigenvalue weighted by Gasteiger charge is -2.12. The molecule has 0 atom stereocenters. The summed E-state index contributed by atoms with van der Waals surface area (Å²) in [4.78, 5) is 20.0. The number of nitrogens with two attached hydrogens (primary N) is 1. The molecule has 124 valence electrons. The lowest BCUT2D eigenvalue weighted by atomic mass is 10.1. The fraction of sp³-hybridized carbons (Fsp3) is 0.333. The van der Waals surface area contributed by atoms with Gasteiger partial charge in [-0.3, -0.25) is 10.2 Å². The van der Waals surface area contributed by atoms with Crippen LogP contribution in [0.5, 0.6) is 0 Å². The summed E-state index contributed by atoms with van der Waals surface area (Å²) in [5, 5.41) is 0.775. The van der Waals surface area contributed by atoms with Crippen LogP contribution < -0.4 is 16.8 Å². The molecule has 0 saturated carbocycles. The third-order valence-electron chi connectivity index (χ3n) is 4.66. The van der Waals surface area contributed by atoms with Gasteiger partial charge < -0.3 is 0 Å². The van der Waals surface area contributed by atoms with Gasteiger partial charge in [-0.2, -0.15) is 0 Å². The van der Waals surface area contributed by atoms with Gasteiger partial charge in [0.05, 0.1) is 11.1 Å². The first-order chi connectivity index (χ1) is 11.7. The number of hydrogen-bond donors (Lipinski definition) is 2. The van der Waals surface area contributed by atoms with Crippen molar-refractivity contribution in [3.8, 4) is 5.69 Å². The van der Waals surface area contributed by atoms with Crippen molar-refractivity contribution in [2.75, 3.05) is 5.43 Å². The Morgan fingerprint density at radius 2 is 1.92 bits per heavy atom. The fourth-order valence-corrected chi connectivity index (χ4v) is 4.66. The van der Waals surface area contributed by atoms with E-state index in [0.717, 1.165) is 40.7 Å². The fourth-order valence-electron chi connectivity index (χ4n) is 3.41. The van der Waals surface area contributed by atoms with E-state index in [0.29, 0.717) is 5.95 Å². The highest BCUT2D eigenvalue weighted by Gasteiger charge is 2.21. The molecule has 0 saturated heterocycles. The smallest absolute Gasteiger partial charge is 0.268 e. The summed E-state index contributed by atoms with van der Waals surface area (Å²) in [6.07, 6.45) is 5.57. The van der Waals surface area contributed by atoms with Crippen LogP contribution in [0.2, 0.25) is 0 Å². The second kappa shape index (κ2) is 6.03. The Bertz CT molecular complexity index is 956. The number of aryl methyl sites for hydroxylation is 3. The molecule has 4 rings (SSSR count). The van der Waals surface area contributed by atoms with Gasteiger partial charge in [0, 0.05) is 4.88 Å². The summed E-state index contributed by atoms with van der Waals surface area (Å²) >= 11 is 1.64. The lowest BCUT2D eigenvalue weighted by molar-refractivity contribution is 0.713. The van der Waals surface area contributed by atoms with Gasteiger partial charge in [-0.25, -0.2) is 15.4 Å². The Labute approximate surface area is 144 Å². The Morgan fingerprint density at radius 1 is 1.17 bits per heavy atom. The van der Waals surface area contributed by atoms with Gasteiger partial charge in [-0.1, -0.05) is 24.1 Å². The Hall–Kier alpha value is -2.18. The number of thiophene rings is 1. The molecule has 1 aliphatic rings. The van der Waals surface area contributed by atoms with Gasteiger partial charge in [-0.05, 0) is 50.3 Å². The van der Waals surface area contributed by atoms with Crippen LogP contribution in [0.15, 0.2) is 29.1 Å². The molecule has 24 heavy (non-hydrogen) atoms. The normalized spacial score (nSPS) is 14.4. The van der Waals surface area contributed by atoms with Gasteiger partial charge >= 0.3 is 0 Å². The first-order valence-electron chi connectivity index (χ1n) is 8.30. The van der Waals surface area contributed by atoms with Crippen molar-refractivity contribution in [1.29, 1.82) is 0 Å². The molecule has 0 radical (unpaired) electrons. The number of rotatable bonds is 2. The molecule has 3 N–H and O–H groups in total. The topological polar surface area (TPSA) is 72.9 Å².